The van der Waals surface area contributed by atoms with Gasteiger partial charge in [-0.05, 0) is 36.4 Å². The number of nitrogens with one attached hydrogen (secondary N) is 2. The number of nitrogens with zero attached hydrogens (tertiary/aromatic N) is 2. The van der Waals surface area contributed by atoms with E-state index < -0.39 is 12.1 Å². The van der Waals surface area contributed by atoms with Crippen LogP contribution in [0, 0.1) is 0 Å². The van der Waals surface area contributed by atoms with Crippen molar-refractivity contribution in [3.63, 3.8) is 0 Å². The van der Waals surface area contributed by atoms with Crippen LogP contribution in [0.2, 0.25) is 0 Å². The number of benzene rings is 1. The Morgan fingerprint density at radius 1 is 1.24 bits per heavy atom. The van der Waals surface area contributed by atoms with Crippen molar-refractivity contribution in [3.8, 4) is 0 Å². The Labute approximate surface area is 143 Å². The lowest BCUT2D eigenvalue weighted by atomic mass is 10.1. The zero-order valence-electron chi connectivity index (χ0n) is 13.2. The Morgan fingerprint density at radius 3 is 2.60 bits per heavy atom. The van der Waals surface area contributed by atoms with E-state index in [0.717, 1.165) is 0 Å². The third-order valence-corrected chi connectivity index (χ3v) is 3.72. The van der Waals surface area contributed by atoms with E-state index in [1.54, 1.807) is 48.7 Å². The molecule has 0 saturated carbocycles. The quantitative estimate of drug-likeness (QED) is 0.690. The molecule has 0 radical (unpaired) electrons. The third kappa shape index (κ3) is 3.81. The first-order chi connectivity index (χ1) is 12.0. The Hall–Kier alpha value is -3.26. The summed E-state index contributed by atoms with van der Waals surface area (Å²) in [4.78, 5) is 40.3. The largest absolute Gasteiger partial charge is 0.385 e. The van der Waals surface area contributed by atoms with Crippen LogP contribution in [0.3, 0.4) is 0 Å². The molecule has 3 N–H and O–H groups in total. The second-order valence-electron chi connectivity index (χ2n) is 5.47. The molecule has 8 nitrogen and oxygen atoms in total. The number of aliphatic hydroxyl groups excluding tert-OH is 1. The highest BCUT2D eigenvalue weighted by Crippen LogP contribution is 2.17. The van der Waals surface area contributed by atoms with Crippen molar-refractivity contribution in [2.24, 2.45) is 0 Å². The van der Waals surface area contributed by atoms with Gasteiger partial charge in [0.1, 0.15) is 12.6 Å². The van der Waals surface area contributed by atoms with Crippen LogP contribution in [-0.2, 0) is 4.79 Å². The third-order valence-electron chi connectivity index (χ3n) is 3.72. The van der Waals surface area contributed by atoms with Crippen LogP contribution in [0.25, 0.3) is 0 Å². The molecular weight excluding hydrogens is 324 g/mol. The van der Waals surface area contributed by atoms with Gasteiger partial charge >= 0.3 is 6.03 Å². The van der Waals surface area contributed by atoms with E-state index in [0.29, 0.717) is 16.9 Å². The molecule has 2 aromatic rings. The highest BCUT2D eigenvalue weighted by molar-refractivity contribution is 6.12. The molecule has 2 heterocycles. The number of aromatic nitrogens is 1. The van der Waals surface area contributed by atoms with E-state index in [9.17, 15) is 19.5 Å². The fourth-order valence-corrected chi connectivity index (χ4v) is 2.41. The van der Waals surface area contributed by atoms with Crippen LogP contribution in [-0.4, -0.2) is 41.0 Å². The molecule has 1 aromatic heterocycles. The Morgan fingerprint density at radius 2 is 2.00 bits per heavy atom. The van der Waals surface area contributed by atoms with Gasteiger partial charge in [0.2, 0.25) is 5.91 Å². The van der Waals surface area contributed by atoms with Gasteiger partial charge in [0.05, 0.1) is 5.69 Å². The number of imide groups is 1. The van der Waals surface area contributed by atoms with Crippen LogP contribution < -0.4 is 15.5 Å². The minimum Gasteiger partial charge on any atom is -0.385 e. The number of urea groups is 1. The number of anilines is 1. The molecule has 1 aliphatic heterocycles. The summed E-state index contributed by atoms with van der Waals surface area (Å²) in [5.74, 6) is -0.723. The molecule has 1 aromatic carbocycles. The lowest BCUT2D eigenvalue weighted by Gasteiger charge is -2.14. The predicted molar refractivity (Wildman–Crippen MR) is 88.9 cm³/mol. The van der Waals surface area contributed by atoms with E-state index in [-0.39, 0.29) is 24.9 Å². The molecule has 128 valence electrons. The lowest BCUT2D eigenvalue weighted by molar-refractivity contribution is -0.117. The molecule has 1 fully saturated rings. The summed E-state index contributed by atoms with van der Waals surface area (Å²) >= 11 is 0. The summed E-state index contributed by atoms with van der Waals surface area (Å²) in [6.45, 7) is -0.0126. The molecule has 0 aliphatic carbocycles. The summed E-state index contributed by atoms with van der Waals surface area (Å²) in [7, 11) is 0. The van der Waals surface area contributed by atoms with Crippen molar-refractivity contribution < 1.29 is 19.5 Å². The average molecular weight is 340 g/mol. The second-order valence-corrected chi connectivity index (χ2v) is 5.47. The van der Waals surface area contributed by atoms with Crippen molar-refractivity contribution >= 4 is 23.5 Å². The molecule has 4 amide bonds. The second kappa shape index (κ2) is 7.10. The Bertz CT molecular complexity index is 792. The maximum atomic E-state index is 12.1. The highest BCUT2D eigenvalue weighted by Gasteiger charge is 2.27. The van der Waals surface area contributed by atoms with Crippen molar-refractivity contribution in [3.05, 3.63) is 59.9 Å². The van der Waals surface area contributed by atoms with Crippen molar-refractivity contribution in [1.29, 1.82) is 0 Å². The molecule has 0 bridgehead atoms. The van der Waals surface area contributed by atoms with Crippen LogP contribution >= 0.6 is 0 Å². The van der Waals surface area contributed by atoms with Crippen LogP contribution in [0.1, 0.15) is 22.2 Å². The molecule has 1 aliphatic rings. The zero-order valence-corrected chi connectivity index (χ0v) is 13.2. The van der Waals surface area contributed by atoms with E-state index in [1.165, 1.54) is 4.90 Å². The van der Waals surface area contributed by atoms with E-state index in [1.807, 2.05) is 0 Å². The first kappa shape index (κ1) is 16.6. The van der Waals surface area contributed by atoms with E-state index in [4.69, 9.17) is 0 Å². The van der Waals surface area contributed by atoms with Gasteiger partial charge in [0.15, 0.2) is 0 Å². The molecule has 3 rings (SSSR count). The first-order valence-corrected chi connectivity index (χ1v) is 7.63. The number of carbonyl (C=O) groups is 3. The van der Waals surface area contributed by atoms with Crippen LogP contribution in [0.5, 0.6) is 0 Å². The molecule has 0 spiro atoms. The molecule has 8 heteroatoms. The van der Waals surface area contributed by atoms with Gasteiger partial charge in [0.25, 0.3) is 5.91 Å². The number of amides is 4. The zero-order chi connectivity index (χ0) is 17.8. The topological polar surface area (TPSA) is 112 Å². The summed E-state index contributed by atoms with van der Waals surface area (Å²) in [5.41, 5.74) is 1.37. The van der Waals surface area contributed by atoms with Gasteiger partial charge in [-0.3, -0.25) is 24.8 Å². The van der Waals surface area contributed by atoms with Crippen molar-refractivity contribution in [2.75, 3.05) is 18.0 Å². The normalized spacial score (nSPS) is 15.0. The van der Waals surface area contributed by atoms with E-state index >= 15 is 0 Å². The standard InChI is InChI=1S/C17H16N4O4/c22-14(13-3-1-2-8-18-13)9-19-16(24)11-4-6-12(7-5-11)21-10-15(23)20-17(21)25/h1-8,14,22H,9-10H2,(H,19,24)(H,20,23,25)/t14-/m0/s1. The number of rotatable bonds is 5. The Kier molecular flexibility index (Phi) is 4.71. The maximum absolute atomic E-state index is 12.1. The highest BCUT2D eigenvalue weighted by atomic mass is 16.3. The number of hydrogen-bond acceptors (Lipinski definition) is 5. The van der Waals surface area contributed by atoms with Gasteiger partial charge in [-0.25, -0.2) is 4.79 Å². The van der Waals surface area contributed by atoms with Gasteiger partial charge in [0, 0.05) is 24.0 Å². The monoisotopic (exact) mass is 340 g/mol. The van der Waals surface area contributed by atoms with Crippen molar-refractivity contribution in [2.45, 2.75) is 6.10 Å². The minimum atomic E-state index is -0.899. The van der Waals surface area contributed by atoms with Crippen LogP contribution in [0.4, 0.5) is 10.5 Å². The predicted octanol–water partition coefficient (Wildman–Crippen LogP) is 0.601. The lowest BCUT2D eigenvalue weighted by Crippen LogP contribution is -2.29. The maximum Gasteiger partial charge on any atom is 0.329 e. The summed E-state index contributed by atoms with van der Waals surface area (Å²) < 4.78 is 0. The molecule has 25 heavy (non-hydrogen) atoms. The molecular formula is C17H16N4O4. The summed E-state index contributed by atoms with van der Waals surface area (Å²) in [5, 5.41) is 14.8. The number of carbonyl (C=O) groups excluding carboxylic acids is 3. The fourth-order valence-electron chi connectivity index (χ4n) is 2.41. The van der Waals surface area contributed by atoms with Gasteiger partial charge in [-0.15, -0.1) is 0 Å². The minimum absolute atomic E-state index is 0.0284. The van der Waals surface area contributed by atoms with Gasteiger partial charge in [-0.2, -0.15) is 0 Å². The van der Waals surface area contributed by atoms with Gasteiger partial charge in [-0.1, -0.05) is 6.07 Å². The fraction of sp³-hybridized carbons (Fsp3) is 0.176. The first-order valence-electron chi connectivity index (χ1n) is 7.63. The number of hydrogen-bond donors (Lipinski definition) is 3. The number of pyridine rings is 1. The molecule has 1 atom stereocenters. The smallest absolute Gasteiger partial charge is 0.329 e. The average Bonchev–Trinajstić information content (AvgIpc) is 2.98. The SMILES string of the molecule is O=C1CN(c2ccc(C(=O)NC[C@H](O)c3ccccn3)cc2)C(=O)N1. The molecule has 1 saturated heterocycles. The number of aliphatic hydroxyl groups is 1. The summed E-state index contributed by atoms with van der Waals surface area (Å²) in [6, 6.07) is 11.0. The van der Waals surface area contributed by atoms with Crippen molar-refractivity contribution in [1.82, 2.24) is 15.6 Å². The van der Waals surface area contributed by atoms with Crippen LogP contribution in [0.15, 0.2) is 48.7 Å². The van der Waals surface area contributed by atoms with E-state index in [2.05, 4.69) is 15.6 Å². The van der Waals surface area contributed by atoms with Gasteiger partial charge < -0.3 is 10.4 Å². The molecule has 0 unspecified atom stereocenters. The summed E-state index contributed by atoms with van der Waals surface area (Å²) in [6.07, 6.45) is 0.668. The Balaban J connectivity index is 1.59.